The van der Waals surface area contributed by atoms with Gasteiger partial charge in [-0.05, 0) is 49.8 Å². The maximum Gasteiger partial charge on any atom is 0.229 e. The van der Waals surface area contributed by atoms with Gasteiger partial charge in [0, 0.05) is 6.54 Å². The van der Waals surface area contributed by atoms with Crippen molar-refractivity contribution in [3.63, 3.8) is 0 Å². The molecule has 132 valence electrons. The van der Waals surface area contributed by atoms with Crippen molar-refractivity contribution in [3.8, 4) is 0 Å². The number of rotatable bonds is 6. The monoisotopic (exact) mass is 335 g/mol. The summed E-state index contributed by atoms with van der Waals surface area (Å²) >= 11 is 0. The molecule has 1 aliphatic heterocycles. The third kappa shape index (κ3) is 3.49. The van der Waals surface area contributed by atoms with Crippen LogP contribution in [0.15, 0.2) is 54.6 Å². The summed E-state index contributed by atoms with van der Waals surface area (Å²) in [6, 6.07) is 19.0. The lowest BCUT2D eigenvalue weighted by Crippen LogP contribution is -2.37. The molecule has 1 aliphatic rings. The number of carbonyl (C=O) groups excluding carboxylic acids is 1. The van der Waals surface area contributed by atoms with Gasteiger partial charge in [0.15, 0.2) is 0 Å². The summed E-state index contributed by atoms with van der Waals surface area (Å²) in [6.45, 7) is 7.36. The minimum Gasteiger partial charge on any atom is -0.335 e. The van der Waals surface area contributed by atoms with Crippen LogP contribution in [0.1, 0.15) is 55.8 Å². The minimum atomic E-state index is -0.232. The molecule has 0 saturated carbocycles. The molecular formula is C23H29NO. The Morgan fingerprint density at radius 1 is 1.08 bits per heavy atom. The Morgan fingerprint density at radius 3 is 2.44 bits per heavy atom. The second kappa shape index (κ2) is 7.43. The van der Waals surface area contributed by atoms with E-state index in [2.05, 4.69) is 74.2 Å². The highest BCUT2D eigenvalue weighted by Crippen LogP contribution is 2.43. The van der Waals surface area contributed by atoms with Gasteiger partial charge in [0.25, 0.3) is 0 Å². The highest BCUT2D eigenvalue weighted by Gasteiger charge is 2.47. The van der Waals surface area contributed by atoms with E-state index in [4.69, 9.17) is 0 Å². The Morgan fingerprint density at radius 2 is 1.76 bits per heavy atom. The first-order valence-electron chi connectivity index (χ1n) is 9.48. The molecule has 1 amide bonds. The number of amides is 1. The molecule has 1 saturated heterocycles. The van der Waals surface area contributed by atoms with Crippen LogP contribution in [0.25, 0.3) is 0 Å². The number of aryl methyl sites for hydroxylation is 1. The summed E-state index contributed by atoms with van der Waals surface area (Å²) in [6.07, 6.45) is 3.85. The minimum absolute atomic E-state index is 0.143. The lowest BCUT2D eigenvalue weighted by Gasteiger charge is -2.31. The van der Waals surface area contributed by atoms with Crippen LogP contribution in [0.5, 0.6) is 0 Å². The topological polar surface area (TPSA) is 20.3 Å². The van der Waals surface area contributed by atoms with Crippen LogP contribution < -0.4 is 0 Å². The molecule has 2 aromatic carbocycles. The Labute approximate surface area is 151 Å². The van der Waals surface area contributed by atoms with Crippen LogP contribution in [0.4, 0.5) is 0 Å². The summed E-state index contributed by atoms with van der Waals surface area (Å²) in [5.41, 5.74) is 3.60. The van der Waals surface area contributed by atoms with Crippen molar-refractivity contribution >= 4 is 5.91 Å². The standard InChI is InChI=1S/C23H29NO/c1-4-14-23(17-21-13-9-8-10-18(21)2)15-16-24(22(23)25)19(3)20-11-6-5-7-12-20/h5-13,19H,4,14-17H2,1-3H3/t19-,23?/m0/s1. The highest BCUT2D eigenvalue weighted by molar-refractivity contribution is 5.85. The van der Waals surface area contributed by atoms with Crippen LogP contribution in [-0.2, 0) is 11.2 Å². The van der Waals surface area contributed by atoms with Gasteiger partial charge in [0.1, 0.15) is 0 Å². The summed E-state index contributed by atoms with van der Waals surface area (Å²) in [5.74, 6) is 0.342. The molecule has 2 atom stereocenters. The number of hydrogen-bond donors (Lipinski definition) is 0. The van der Waals surface area contributed by atoms with Crippen molar-refractivity contribution in [1.82, 2.24) is 4.90 Å². The molecular weight excluding hydrogens is 306 g/mol. The molecule has 3 rings (SSSR count). The van der Waals surface area contributed by atoms with Crippen LogP contribution >= 0.6 is 0 Å². The van der Waals surface area contributed by atoms with Crippen molar-refractivity contribution in [1.29, 1.82) is 0 Å². The van der Waals surface area contributed by atoms with E-state index in [1.807, 2.05) is 6.07 Å². The SMILES string of the molecule is CCCC1(Cc2ccccc2C)CCN([C@@H](C)c2ccccc2)C1=O. The van der Waals surface area contributed by atoms with E-state index in [1.54, 1.807) is 0 Å². The zero-order valence-corrected chi connectivity index (χ0v) is 15.7. The molecule has 0 aromatic heterocycles. The van der Waals surface area contributed by atoms with Crippen LogP contribution in [0, 0.1) is 12.3 Å². The van der Waals surface area contributed by atoms with Gasteiger partial charge in [-0.15, -0.1) is 0 Å². The van der Waals surface area contributed by atoms with Gasteiger partial charge in [-0.3, -0.25) is 4.79 Å². The Bertz CT molecular complexity index is 724. The van der Waals surface area contributed by atoms with E-state index in [1.165, 1.54) is 16.7 Å². The fourth-order valence-electron chi connectivity index (χ4n) is 4.26. The number of benzene rings is 2. The molecule has 2 nitrogen and oxygen atoms in total. The van der Waals surface area contributed by atoms with Crippen molar-refractivity contribution in [2.75, 3.05) is 6.54 Å². The molecule has 0 N–H and O–H groups in total. The fraction of sp³-hybridized carbons (Fsp3) is 0.435. The largest absolute Gasteiger partial charge is 0.335 e. The lowest BCUT2D eigenvalue weighted by atomic mass is 9.75. The Balaban J connectivity index is 1.86. The first kappa shape index (κ1) is 17.7. The van der Waals surface area contributed by atoms with Gasteiger partial charge < -0.3 is 4.90 Å². The van der Waals surface area contributed by atoms with Gasteiger partial charge in [0.05, 0.1) is 11.5 Å². The predicted molar refractivity (Wildman–Crippen MR) is 103 cm³/mol. The van der Waals surface area contributed by atoms with Gasteiger partial charge in [-0.1, -0.05) is 67.9 Å². The summed E-state index contributed by atoms with van der Waals surface area (Å²) in [5, 5.41) is 0. The van der Waals surface area contributed by atoms with E-state index >= 15 is 0 Å². The average molecular weight is 335 g/mol. The molecule has 0 radical (unpaired) electrons. The summed E-state index contributed by atoms with van der Waals surface area (Å²) in [7, 11) is 0. The van der Waals surface area contributed by atoms with Gasteiger partial charge >= 0.3 is 0 Å². The maximum atomic E-state index is 13.5. The van der Waals surface area contributed by atoms with Crippen molar-refractivity contribution < 1.29 is 4.79 Å². The van der Waals surface area contributed by atoms with Crippen LogP contribution in [-0.4, -0.2) is 17.4 Å². The zero-order chi connectivity index (χ0) is 17.9. The number of carbonyl (C=O) groups is 1. The molecule has 0 aliphatic carbocycles. The number of likely N-dealkylation sites (tertiary alicyclic amines) is 1. The fourth-order valence-corrected chi connectivity index (χ4v) is 4.26. The second-order valence-corrected chi connectivity index (χ2v) is 7.47. The lowest BCUT2D eigenvalue weighted by molar-refractivity contribution is -0.138. The van der Waals surface area contributed by atoms with E-state index < -0.39 is 0 Å². The second-order valence-electron chi connectivity index (χ2n) is 7.47. The van der Waals surface area contributed by atoms with Crippen LogP contribution in [0.2, 0.25) is 0 Å². The molecule has 1 heterocycles. The molecule has 0 bridgehead atoms. The van der Waals surface area contributed by atoms with Gasteiger partial charge in [0.2, 0.25) is 5.91 Å². The third-order valence-corrected chi connectivity index (χ3v) is 5.81. The quantitative estimate of drug-likeness (QED) is 0.700. The predicted octanol–water partition coefficient (Wildman–Crippen LogP) is 5.32. The third-order valence-electron chi connectivity index (χ3n) is 5.81. The maximum absolute atomic E-state index is 13.5. The van der Waals surface area contributed by atoms with Crippen molar-refractivity contribution in [2.45, 2.75) is 52.5 Å². The first-order chi connectivity index (χ1) is 12.1. The van der Waals surface area contributed by atoms with E-state index in [9.17, 15) is 4.79 Å². The molecule has 1 fully saturated rings. The molecule has 0 spiro atoms. The highest BCUT2D eigenvalue weighted by atomic mass is 16.2. The Kier molecular flexibility index (Phi) is 5.27. The van der Waals surface area contributed by atoms with E-state index in [0.29, 0.717) is 5.91 Å². The normalized spacial score (nSPS) is 21.6. The average Bonchev–Trinajstić information content (AvgIpc) is 2.94. The molecule has 1 unspecified atom stereocenters. The van der Waals surface area contributed by atoms with Crippen molar-refractivity contribution in [2.24, 2.45) is 5.41 Å². The smallest absolute Gasteiger partial charge is 0.229 e. The van der Waals surface area contributed by atoms with E-state index in [-0.39, 0.29) is 11.5 Å². The number of hydrogen-bond acceptors (Lipinski definition) is 1. The molecule has 2 heteroatoms. The summed E-state index contributed by atoms with van der Waals surface area (Å²) < 4.78 is 0. The van der Waals surface area contributed by atoms with E-state index in [0.717, 1.165) is 32.2 Å². The number of nitrogens with zero attached hydrogens (tertiary/aromatic N) is 1. The van der Waals surface area contributed by atoms with Gasteiger partial charge in [-0.2, -0.15) is 0 Å². The summed E-state index contributed by atoms with van der Waals surface area (Å²) in [4.78, 5) is 15.6. The Hall–Kier alpha value is -2.09. The van der Waals surface area contributed by atoms with Gasteiger partial charge in [-0.25, -0.2) is 0 Å². The molecule has 2 aromatic rings. The zero-order valence-electron chi connectivity index (χ0n) is 15.7. The molecule has 25 heavy (non-hydrogen) atoms. The van der Waals surface area contributed by atoms with Crippen molar-refractivity contribution in [3.05, 3.63) is 71.3 Å². The van der Waals surface area contributed by atoms with Crippen LogP contribution in [0.3, 0.4) is 0 Å². The first-order valence-corrected chi connectivity index (χ1v) is 9.48.